The maximum absolute atomic E-state index is 5.36. The molecule has 0 saturated carbocycles. The van der Waals surface area contributed by atoms with Crippen LogP contribution in [0.2, 0.25) is 0 Å². The van der Waals surface area contributed by atoms with Crippen molar-refractivity contribution in [1.82, 2.24) is 5.32 Å². The first-order valence-electron chi connectivity index (χ1n) is 6.62. The summed E-state index contributed by atoms with van der Waals surface area (Å²) in [6.45, 7) is 5.09. The van der Waals surface area contributed by atoms with Gasteiger partial charge >= 0.3 is 0 Å². The minimum atomic E-state index is 0.325. The van der Waals surface area contributed by atoms with Crippen molar-refractivity contribution in [3.63, 3.8) is 0 Å². The molecule has 2 heteroatoms. The van der Waals surface area contributed by atoms with Crippen molar-refractivity contribution in [2.75, 3.05) is 7.11 Å². The molecule has 0 spiro atoms. The molecule has 1 N–H and O–H groups in total. The highest BCUT2D eigenvalue weighted by Gasteiger charge is 2.06. The van der Waals surface area contributed by atoms with Crippen LogP contribution in [0.1, 0.15) is 29.7 Å². The van der Waals surface area contributed by atoms with E-state index in [1.807, 2.05) is 18.2 Å². The van der Waals surface area contributed by atoms with Gasteiger partial charge in [0.25, 0.3) is 0 Å². The highest BCUT2D eigenvalue weighted by atomic mass is 16.5. The summed E-state index contributed by atoms with van der Waals surface area (Å²) in [5, 5.41) is 3.53. The van der Waals surface area contributed by atoms with Gasteiger partial charge in [-0.25, -0.2) is 0 Å². The quantitative estimate of drug-likeness (QED) is 0.876. The van der Waals surface area contributed by atoms with E-state index >= 15 is 0 Å². The van der Waals surface area contributed by atoms with E-state index in [9.17, 15) is 0 Å². The zero-order chi connectivity index (χ0) is 13.7. The molecule has 0 saturated heterocycles. The Kier molecular flexibility index (Phi) is 4.58. The first-order valence-corrected chi connectivity index (χ1v) is 6.62. The molecule has 19 heavy (non-hydrogen) atoms. The van der Waals surface area contributed by atoms with Gasteiger partial charge in [0.2, 0.25) is 0 Å². The number of hydrogen-bond donors (Lipinski definition) is 1. The lowest BCUT2D eigenvalue weighted by Gasteiger charge is -2.16. The zero-order valence-corrected chi connectivity index (χ0v) is 11.8. The average Bonchev–Trinajstić information content (AvgIpc) is 2.45. The third kappa shape index (κ3) is 3.58. The molecule has 0 unspecified atom stereocenters. The smallest absolute Gasteiger partial charge is 0.123 e. The molecule has 0 amide bonds. The topological polar surface area (TPSA) is 21.3 Å². The molecule has 2 rings (SSSR count). The SMILES string of the molecule is COc1ccccc1CN[C@H](C)c1ccc(C)cc1. The molecule has 0 aromatic heterocycles. The Morgan fingerprint density at radius 1 is 1.05 bits per heavy atom. The molecule has 1 atom stereocenters. The van der Waals surface area contributed by atoms with Crippen LogP contribution >= 0.6 is 0 Å². The third-order valence-electron chi connectivity index (χ3n) is 3.37. The highest BCUT2D eigenvalue weighted by molar-refractivity contribution is 5.33. The van der Waals surface area contributed by atoms with Gasteiger partial charge in [0.1, 0.15) is 5.75 Å². The Morgan fingerprint density at radius 2 is 1.74 bits per heavy atom. The van der Waals surface area contributed by atoms with Gasteiger partial charge in [-0.1, -0.05) is 48.0 Å². The van der Waals surface area contributed by atoms with Crippen molar-refractivity contribution in [3.8, 4) is 5.75 Å². The fraction of sp³-hybridized carbons (Fsp3) is 0.294. The average molecular weight is 255 g/mol. The van der Waals surface area contributed by atoms with Crippen molar-refractivity contribution in [3.05, 3.63) is 65.2 Å². The maximum atomic E-state index is 5.36. The molecule has 100 valence electrons. The maximum Gasteiger partial charge on any atom is 0.123 e. The predicted octanol–water partition coefficient (Wildman–Crippen LogP) is 3.85. The Morgan fingerprint density at radius 3 is 2.42 bits per heavy atom. The van der Waals surface area contributed by atoms with E-state index in [0.29, 0.717) is 6.04 Å². The summed E-state index contributed by atoms with van der Waals surface area (Å²) in [5.74, 6) is 0.936. The lowest BCUT2D eigenvalue weighted by Crippen LogP contribution is -2.18. The molecule has 0 heterocycles. The fourth-order valence-electron chi connectivity index (χ4n) is 2.09. The summed E-state index contributed by atoms with van der Waals surface area (Å²) in [5.41, 5.74) is 3.78. The van der Waals surface area contributed by atoms with Gasteiger partial charge in [0.15, 0.2) is 0 Å². The summed E-state index contributed by atoms with van der Waals surface area (Å²) < 4.78 is 5.36. The van der Waals surface area contributed by atoms with E-state index in [-0.39, 0.29) is 0 Å². The standard InChI is InChI=1S/C17H21NO/c1-13-8-10-15(11-9-13)14(2)18-12-16-6-4-5-7-17(16)19-3/h4-11,14,18H,12H2,1-3H3/t14-/m1/s1. The summed E-state index contributed by atoms with van der Waals surface area (Å²) in [6, 6.07) is 17.1. The molecule has 0 aliphatic rings. The molecule has 0 aliphatic carbocycles. The Balaban J connectivity index is 2.00. The van der Waals surface area contributed by atoms with E-state index in [2.05, 4.69) is 49.5 Å². The molecule has 2 nitrogen and oxygen atoms in total. The predicted molar refractivity (Wildman–Crippen MR) is 79.4 cm³/mol. The molecule has 0 fully saturated rings. The van der Waals surface area contributed by atoms with Crippen LogP contribution in [0, 0.1) is 6.92 Å². The lowest BCUT2D eigenvalue weighted by molar-refractivity contribution is 0.406. The van der Waals surface area contributed by atoms with Crippen molar-refractivity contribution in [2.24, 2.45) is 0 Å². The summed E-state index contributed by atoms with van der Waals surface area (Å²) >= 11 is 0. The molecule has 2 aromatic rings. The highest BCUT2D eigenvalue weighted by Crippen LogP contribution is 2.19. The van der Waals surface area contributed by atoms with Gasteiger partial charge in [-0.15, -0.1) is 0 Å². The van der Waals surface area contributed by atoms with Crippen LogP contribution < -0.4 is 10.1 Å². The van der Waals surface area contributed by atoms with Crippen LogP contribution in [-0.2, 0) is 6.54 Å². The number of hydrogen-bond acceptors (Lipinski definition) is 2. The van der Waals surface area contributed by atoms with Gasteiger partial charge in [-0.2, -0.15) is 0 Å². The first-order chi connectivity index (χ1) is 9.20. The Labute approximate surface area is 115 Å². The van der Waals surface area contributed by atoms with Crippen molar-refractivity contribution in [2.45, 2.75) is 26.4 Å². The van der Waals surface area contributed by atoms with E-state index < -0.39 is 0 Å². The summed E-state index contributed by atoms with van der Waals surface area (Å²) in [4.78, 5) is 0. The van der Waals surface area contributed by atoms with Gasteiger partial charge in [-0.3, -0.25) is 0 Å². The first kappa shape index (κ1) is 13.6. The van der Waals surface area contributed by atoms with Gasteiger partial charge in [0, 0.05) is 18.2 Å². The molecule has 2 aromatic carbocycles. The lowest BCUT2D eigenvalue weighted by atomic mass is 10.1. The minimum absolute atomic E-state index is 0.325. The van der Waals surface area contributed by atoms with Gasteiger partial charge in [0.05, 0.1) is 7.11 Å². The van der Waals surface area contributed by atoms with E-state index in [1.165, 1.54) is 16.7 Å². The van der Waals surface area contributed by atoms with Crippen LogP contribution in [0.3, 0.4) is 0 Å². The van der Waals surface area contributed by atoms with E-state index in [1.54, 1.807) is 7.11 Å². The number of ether oxygens (including phenoxy) is 1. The second kappa shape index (κ2) is 6.39. The van der Waals surface area contributed by atoms with Crippen LogP contribution in [0.25, 0.3) is 0 Å². The van der Waals surface area contributed by atoms with Crippen molar-refractivity contribution in [1.29, 1.82) is 0 Å². The second-order valence-electron chi connectivity index (χ2n) is 4.83. The number of benzene rings is 2. The molecule has 0 radical (unpaired) electrons. The Bertz CT molecular complexity index is 519. The number of rotatable bonds is 5. The second-order valence-corrected chi connectivity index (χ2v) is 4.83. The number of nitrogens with one attached hydrogen (secondary N) is 1. The number of aryl methyl sites for hydroxylation is 1. The minimum Gasteiger partial charge on any atom is -0.496 e. The number of para-hydroxylation sites is 1. The molecule has 0 bridgehead atoms. The van der Waals surface area contributed by atoms with E-state index in [4.69, 9.17) is 4.74 Å². The zero-order valence-electron chi connectivity index (χ0n) is 11.8. The summed E-state index contributed by atoms with van der Waals surface area (Å²) in [7, 11) is 1.71. The fourth-order valence-corrected chi connectivity index (χ4v) is 2.09. The van der Waals surface area contributed by atoms with Gasteiger partial charge < -0.3 is 10.1 Å². The number of methoxy groups -OCH3 is 1. The largest absolute Gasteiger partial charge is 0.496 e. The monoisotopic (exact) mass is 255 g/mol. The molecular weight excluding hydrogens is 234 g/mol. The normalized spacial score (nSPS) is 12.2. The van der Waals surface area contributed by atoms with E-state index in [0.717, 1.165) is 12.3 Å². The molecular formula is C17H21NO. The van der Waals surface area contributed by atoms with Crippen LogP contribution in [0.5, 0.6) is 5.75 Å². The van der Waals surface area contributed by atoms with Gasteiger partial charge in [-0.05, 0) is 25.5 Å². The van der Waals surface area contributed by atoms with Crippen LogP contribution in [0.4, 0.5) is 0 Å². The Hall–Kier alpha value is -1.80. The van der Waals surface area contributed by atoms with Crippen molar-refractivity contribution < 1.29 is 4.74 Å². The van der Waals surface area contributed by atoms with Crippen LogP contribution in [0.15, 0.2) is 48.5 Å². The van der Waals surface area contributed by atoms with Crippen molar-refractivity contribution >= 4 is 0 Å². The molecule has 0 aliphatic heterocycles. The summed E-state index contributed by atoms with van der Waals surface area (Å²) in [6.07, 6.45) is 0. The third-order valence-corrected chi connectivity index (χ3v) is 3.37. The van der Waals surface area contributed by atoms with Crippen LogP contribution in [-0.4, -0.2) is 7.11 Å².